The second-order valence-corrected chi connectivity index (χ2v) is 4.72. The highest BCUT2D eigenvalue weighted by Gasteiger charge is 2.25. The number of pyridine rings is 1. The van der Waals surface area contributed by atoms with Crippen molar-refractivity contribution < 1.29 is 4.79 Å². The first-order chi connectivity index (χ1) is 8.70. The van der Waals surface area contributed by atoms with Crippen molar-refractivity contribution in [2.24, 2.45) is 5.92 Å². The van der Waals surface area contributed by atoms with Crippen molar-refractivity contribution >= 4 is 11.9 Å². The maximum Gasteiger partial charge on any atom is 0.176 e. The van der Waals surface area contributed by atoms with Gasteiger partial charge in [0, 0.05) is 11.6 Å². The van der Waals surface area contributed by atoms with Crippen LogP contribution in [0.1, 0.15) is 37.1 Å². The van der Waals surface area contributed by atoms with Gasteiger partial charge < -0.3 is 0 Å². The van der Waals surface area contributed by atoms with Crippen molar-refractivity contribution in [3.8, 4) is 6.07 Å². The van der Waals surface area contributed by atoms with Crippen LogP contribution in [0.2, 0.25) is 0 Å². The van der Waals surface area contributed by atoms with Gasteiger partial charge in [-0.15, -0.1) is 0 Å². The summed E-state index contributed by atoms with van der Waals surface area (Å²) in [5.41, 5.74) is 1.80. The zero-order valence-electron chi connectivity index (χ0n) is 10.5. The van der Waals surface area contributed by atoms with Crippen LogP contribution >= 0.6 is 0 Å². The first-order valence-corrected chi connectivity index (χ1v) is 6.30. The quantitative estimate of drug-likeness (QED) is 0.602. The molecule has 2 rings (SSSR count). The van der Waals surface area contributed by atoms with E-state index in [1.165, 1.54) is 0 Å². The minimum atomic E-state index is -0.0155. The second-order valence-electron chi connectivity index (χ2n) is 4.72. The maximum absolute atomic E-state index is 12.1. The van der Waals surface area contributed by atoms with Gasteiger partial charge in [-0.05, 0) is 38.0 Å². The topological polar surface area (TPSA) is 53.8 Å². The number of carbonyl (C=O) groups excluding carboxylic acids is 1. The molecule has 0 unspecified atom stereocenters. The van der Waals surface area contributed by atoms with Crippen LogP contribution in [0, 0.1) is 24.2 Å². The monoisotopic (exact) mass is 240 g/mol. The van der Waals surface area contributed by atoms with E-state index in [-0.39, 0.29) is 17.3 Å². The van der Waals surface area contributed by atoms with Gasteiger partial charge in [0.2, 0.25) is 0 Å². The third-order valence-corrected chi connectivity index (χ3v) is 3.31. The summed E-state index contributed by atoms with van der Waals surface area (Å²) in [4.78, 5) is 16.4. The predicted molar refractivity (Wildman–Crippen MR) is 69.5 cm³/mol. The molecule has 3 heteroatoms. The number of rotatable bonds is 3. The number of nitriles is 1. The molecule has 1 aliphatic carbocycles. The minimum absolute atomic E-state index is 0.0155. The predicted octanol–water partition coefficient (Wildman–Crippen LogP) is 3.06. The lowest BCUT2D eigenvalue weighted by Crippen LogP contribution is -2.12. The van der Waals surface area contributed by atoms with Gasteiger partial charge in [0.05, 0.1) is 11.3 Å². The fourth-order valence-electron chi connectivity index (χ4n) is 2.36. The zero-order chi connectivity index (χ0) is 13.0. The number of Topliss-reactive ketones (excluding diaryl/α,β-unsaturated/α-hetero) is 1. The van der Waals surface area contributed by atoms with Gasteiger partial charge in [0.25, 0.3) is 0 Å². The average molecular weight is 240 g/mol. The van der Waals surface area contributed by atoms with E-state index in [1.54, 1.807) is 6.08 Å². The van der Waals surface area contributed by atoms with E-state index in [0.717, 1.165) is 31.4 Å². The molecule has 92 valence electrons. The summed E-state index contributed by atoms with van der Waals surface area (Å²) in [6, 6.07) is 7.60. The van der Waals surface area contributed by atoms with Crippen LogP contribution in [0.3, 0.4) is 0 Å². The summed E-state index contributed by atoms with van der Waals surface area (Å²) in [6.45, 7) is 1.89. The van der Waals surface area contributed by atoms with Crippen LogP contribution in [0.4, 0.5) is 0 Å². The fourth-order valence-corrected chi connectivity index (χ4v) is 2.36. The fraction of sp³-hybridized carbons (Fsp3) is 0.400. The van der Waals surface area contributed by atoms with Crippen LogP contribution < -0.4 is 0 Å². The maximum atomic E-state index is 12.1. The van der Waals surface area contributed by atoms with E-state index in [4.69, 9.17) is 5.26 Å². The molecule has 3 nitrogen and oxygen atoms in total. The molecule has 1 aromatic rings. The van der Waals surface area contributed by atoms with E-state index in [2.05, 4.69) is 4.98 Å². The number of aromatic nitrogens is 1. The lowest BCUT2D eigenvalue weighted by atomic mass is 9.96. The van der Waals surface area contributed by atoms with E-state index in [1.807, 2.05) is 31.2 Å². The molecule has 0 radical (unpaired) electrons. The Morgan fingerprint density at radius 2 is 2.17 bits per heavy atom. The van der Waals surface area contributed by atoms with E-state index >= 15 is 0 Å². The molecule has 18 heavy (non-hydrogen) atoms. The highest BCUT2D eigenvalue weighted by Crippen LogP contribution is 2.28. The van der Waals surface area contributed by atoms with Gasteiger partial charge in [-0.3, -0.25) is 9.78 Å². The van der Waals surface area contributed by atoms with Crippen LogP contribution in [0.15, 0.2) is 23.8 Å². The number of hydrogen-bond acceptors (Lipinski definition) is 3. The van der Waals surface area contributed by atoms with Crippen molar-refractivity contribution in [2.45, 2.75) is 32.6 Å². The standard InChI is InChI=1S/C15H16N2O/c1-11-5-4-8-14(17-11)9-13(10-16)15(18)12-6-2-3-7-12/h4-5,8-9,12H,2-3,6-7H2,1H3. The van der Waals surface area contributed by atoms with Gasteiger partial charge in [-0.25, -0.2) is 0 Å². The van der Waals surface area contributed by atoms with E-state index in [9.17, 15) is 4.79 Å². The molecule has 0 amide bonds. The van der Waals surface area contributed by atoms with Gasteiger partial charge in [0.1, 0.15) is 6.07 Å². The summed E-state index contributed by atoms with van der Waals surface area (Å²) in [5.74, 6) is 0.0269. The first-order valence-electron chi connectivity index (χ1n) is 6.30. The number of aryl methyl sites for hydroxylation is 1. The lowest BCUT2D eigenvalue weighted by Gasteiger charge is -2.06. The average Bonchev–Trinajstić information content (AvgIpc) is 2.89. The van der Waals surface area contributed by atoms with Crippen molar-refractivity contribution in [3.63, 3.8) is 0 Å². The number of nitrogens with zero attached hydrogens (tertiary/aromatic N) is 2. The Labute approximate surface area is 107 Å². The van der Waals surface area contributed by atoms with E-state index in [0.29, 0.717) is 5.69 Å². The summed E-state index contributed by atoms with van der Waals surface area (Å²) in [7, 11) is 0. The number of ketones is 1. The normalized spacial score (nSPS) is 16.6. The van der Waals surface area contributed by atoms with Gasteiger partial charge in [0.15, 0.2) is 5.78 Å². The molecule has 0 atom stereocenters. The smallest absolute Gasteiger partial charge is 0.176 e. The molecule has 0 saturated heterocycles. The second kappa shape index (κ2) is 5.59. The molecule has 0 aromatic carbocycles. The molecular weight excluding hydrogens is 224 g/mol. The Bertz CT molecular complexity index is 520. The molecule has 0 spiro atoms. The molecule has 0 N–H and O–H groups in total. The Balaban J connectivity index is 2.23. The summed E-state index contributed by atoms with van der Waals surface area (Å²) < 4.78 is 0. The Hall–Kier alpha value is -1.95. The summed E-state index contributed by atoms with van der Waals surface area (Å²) in [6.07, 6.45) is 5.63. The Kier molecular flexibility index (Phi) is 3.88. The minimum Gasteiger partial charge on any atom is -0.293 e. The lowest BCUT2D eigenvalue weighted by molar-refractivity contribution is -0.118. The number of allylic oxidation sites excluding steroid dienone is 1. The Morgan fingerprint density at radius 1 is 1.44 bits per heavy atom. The highest BCUT2D eigenvalue weighted by molar-refractivity contribution is 6.04. The van der Waals surface area contributed by atoms with Gasteiger partial charge >= 0.3 is 0 Å². The van der Waals surface area contributed by atoms with Gasteiger partial charge in [-0.2, -0.15) is 5.26 Å². The van der Waals surface area contributed by atoms with Crippen LogP contribution in [-0.2, 0) is 4.79 Å². The van der Waals surface area contributed by atoms with E-state index < -0.39 is 0 Å². The molecule has 1 aliphatic rings. The molecule has 1 saturated carbocycles. The van der Waals surface area contributed by atoms with Crippen LogP contribution in [0.5, 0.6) is 0 Å². The molecule has 1 aromatic heterocycles. The first kappa shape index (κ1) is 12.5. The van der Waals surface area contributed by atoms with Crippen molar-refractivity contribution in [3.05, 3.63) is 35.2 Å². The van der Waals surface area contributed by atoms with Crippen molar-refractivity contribution in [1.29, 1.82) is 5.26 Å². The molecular formula is C15H16N2O. The van der Waals surface area contributed by atoms with Crippen LogP contribution in [0.25, 0.3) is 6.08 Å². The highest BCUT2D eigenvalue weighted by atomic mass is 16.1. The third-order valence-electron chi connectivity index (χ3n) is 3.31. The summed E-state index contributed by atoms with van der Waals surface area (Å²) in [5, 5.41) is 9.12. The SMILES string of the molecule is Cc1cccc(C=C(C#N)C(=O)C2CCCC2)n1. The largest absolute Gasteiger partial charge is 0.293 e. The molecule has 1 fully saturated rings. The summed E-state index contributed by atoms with van der Waals surface area (Å²) >= 11 is 0. The number of hydrogen-bond donors (Lipinski definition) is 0. The number of carbonyl (C=O) groups is 1. The zero-order valence-corrected chi connectivity index (χ0v) is 10.5. The third kappa shape index (κ3) is 2.84. The van der Waals surface area contributed by atoms with Crippen molar-refractivity contribution in [1.82, 2.24) is 4.98 Å². The van der Waals surface area contributed by atoms with Crippen molar-refractivity contribution in [2.75, 3.05) is 0 Å². The molecule has 0 aliphatic heterocycles. The van der Waals surface area contributed by atoms with Gasteiger partial charge in [-0.1, -0.05) is 18.9 Å². The molecule has 1 heterocycles. The van der Waals surface area contributed by atoms with Crippen LogP contribution in [-0.4, -0.2) is 10.8 Å². The molecule has 0 bridgehead atoms. The Morgan fingerprint density at radius 3 is 2.78 bits per heavy atom.